The van der Waals surface area contributed by atoms with E-state index in [2.05, 4.69) is 50.5 Å². The third-order valence-corrected chi connectivity index (χ3v) is 8.33. The Bertz CT molecular complexity index is 1500. The number of hydrogen-bond acceptors (Lipinski definition) is 8. The molecular formula is C34H46N6O3. The fourth-order valence-electron chi connectivity index (χ4n) is 6.07. The van der Waals surface area contributed by atoms with Gasteiger partial charge in [-0.1, -0.05) is 55.8 Å². The molecule has 9 heteroatoms. The normalized spacial score (nSPS) is 14.2. The maximum atomic E-state index is 11.9. The van der Waals surface area contributed by atoms with Crippen LogP contribution in [0.5, 0.6) is 0 Å². The maximum Gasteiger partial charge on any atom is 0.309 e. The number of nitrogens with two attached hydrogens (primary N) is 1. The monoisotopic (exact) mass is 586 g/mol. The molecule has 230 valence electrons. The molecule has 43 heavy (non-hydrogen) atoms. The zero-order chi connectivity index (χ0) is 30.0. The maximum absolute atomic E-state index is 11.9. The molecule has 9 nitrogen and oxygen atoms in total. The first-order valence-electron chi connectivity index (χ1n) is 15.8. The molecule has 1 aliphatic heterocycles. The molecule has 2 aromatic heterocycles. The van der Waals surface area contributed by atoms with Crippen molar-refractivity contribution in [1.82, 2.24) is 24.3 Å². The smallest absolute Gasteiger partial charge is 0.309 e. The SMILES string of the molecule is CCCCc1nc2c(N)nc3ccccc3c2n1CCCN(CCCN1CCOCC1)Cc1cccc(CC(=O)OC)c1. The van der Waals surface area contributed by atoms with Crippen LogP contribution in [0.15, 0.2) is 48.5 Å². The number of nitrogens with zero attached hydrogens (tertiary/aromatic N) is 5. The Morgan fingerprint density at radius 3 is 2.56 bits per heavy atom. The number of nitrogen functional groups attached to an aromatic ring is 1. The van der Waals surface area contributed by atoms with Gasteiger partial charge in [-0.2, -0.15) is 0 Å². The van der Waals surface area contributed by atoms with Crippen LogP contribution in [0.2, 0.25) is 0 Å². The van der Waals surface area contributed by atoms with E-state index in [4.69, 9.17) is 20.2 Å². The number of aromatic nitrogens is 3. The van der Waals surface area contributed by atoms with Crippen molar-refractivity contribution >= 4 is 33.7 Å². The number of carbonyl (C=O) groups excluding carboxylic acids is 1. The molecule has 0 unspecified atom stereocenters. The fourth-order valence-corrected chi connectivity index (χ4v) is 6.07. The van der Waals surface area contributed by atoms with Gasteiger partial charge >= 0.3 is 5.97 Å². The summed E-state index contributed by atoms with van der Waals surface area (Å²) in [6, 6.07) is 16.6. The number of anilines is 1. The van der Waals surface area contributed by atoms with Gasteiger partial charge in [0.05, 0.1) is 37.8 Å². The Morgan fingerprint density at radius 1 is 1.00 bits per heavy atom. The first-order valence-corrected chi connectivity index (χ1v) is 15.8. The summed E-state index contributed by atoms with van der Waals surface area (Å²) in [5.41, 5.74) is 11.5. The standard InChI is InChI=1S/C34H46N6O3/c1-3-4-14-30-37-32-33(28-12-5-6-13-29(28)36-34(32)35)40(30)18-9-17-39(16-8-15-38-19-21-43-22-20-38)25-27-11-7-10-26(23-27)24-31(41)42-2/h5-7,10-13,23H,3-4,8-9,14-22,24-25H2,1-2H3,(H2,35,36). The molecular weight excluding hydrogens is 540 g/mol. The van der Waals surface area contributed by atoms with E-state index in [1.54, 1.807) is 0 Å². The van der Waals surface area contributed by atoms with E-state index in [1.807, 2.05) is 24.3 Å². The van der Waals surface area contributed by atoms with Crippen molar-refractivity contribution in [2.45, 2.75) is 58.5 Å². The summed E-state index contributed by atoms with van der Waals surface area (Å²) in [6.45, 7) is 10.6. The molecule has 0 aliphatic carbocycles. The van der Waals surface area contributed by atoms with Crippen LogP contribution >= 0.6 is 0 Å². The van der Waals surface area contributed by atoms with Crippen LogP contribution in [-0.4, -0.2) is 83.4 Å². The molecule has 0 atom stereocenters. The summed E-state index contributed by atoms with van der Waals surface area (Å²) in [4.78, 5) is 26.6. The first kappa shape index (κ1) is 30.9. The number of rotatable bonds is 15. The lowest BCUT2D eigenvalue weighted by molar-refractivity contribution is -0.139. The van der Waals surface area contributed by atoms with Crippen LogP contribution in [0.4, 0.5) is 5.82 Å². The lowest BCUT2D eigenvalue weighted by Crippen LogP contribution is -2.38. The second kappa shape index (κ2) is 15.3. The van der Waals surface area contributed by atoms with Crippen LogP contribution in [-0.2, 0) is 40.2 Å². The van der Waals surface area contributed by atoms with E-state index < -0.39 is 0 Å². The van der Waals surface area contributed by atoms with E-state index in [0.717, 1.165) is 124 Å². The molecule has 0 radical (unpaired) electrons. The molecule has 0 spiro atoms. The van der Waals surface area contributed by atoms with E-state index >= 15 is 0 Å². The van der Waals surface area contributed by atoms with Gasteiger partial charge in [0.15, 0.2) is 5.82 Å². The van der Waals surface area contributed by atoms with Crippen molar-refractivity contribution in [2.75, 3.05) is 58.8 Å². The highest BCUT2D eigenvalue weighted by Crippen LogP contribution is 2.29. The zero-order valence-corrected chi connectivity index (χ0v) is 25.8. The zero-order valence-electron chi connectivity index (χ0n) is 25.8. The second-order valence-electron chi connectivity index (χ2n) is 11.5. The molecule has 1 fully saturated rings. The van der Waals surface area contributed by atoms with Crippen molar-refractivity contribution < 1.29 is 14.3 Å². The fraction of sp³-hybridized carbons (Fsp3) is 0.500. The van der Waals surface area contributed by atoms with Gasteiger partial charge in [-0.3, -0.25) is 14.6 Å². The van der Waals surface area contributed by atoms with Gasteiger partial charge in [0.1, 0.15) is 11.3 Å². The molecule has 1 saturated heterocycles. The van der Waals surface area contributed by atoms with E-state index in [1.165, 1.54) is 12.7 Å². The van der Waals surface area contributed by atoms with Gasteiger partial charge in [-0.25, -0.2) is 9.97 Å². The molecule has 0 amide bonds. The van der Waals surface area contributed by atoms with Crippen LogP contribution in [0.25, 0.3) is 21.9 Å². The lowest BCUT2D eigenvalue weighted by atomic mass is 10.1. The van der Waals surface area contributed by atoms with Crippen molar-refractivity contribution in [1.29, 1.82) is 0 Å². The van der Waals surface area contributed by atoms with Crippen LogP contribution in [0, 0.1) is 0 Å². The topological polar surface area (TPSA) is 98.7 Å². The van der Waals surface area contributed by atoms with Gasteiger partial charge < -0.3 is 19.8 Å². The quantitative estimate of drug-likeness (QED) is 0.198. The Kier molecular flexibility index (Phi) is 11.0. The highest BCUT2D eigenvalue weighted by Gasteiger charge is 2.18. The minimum atomic E-state index is -0.214. The van der Waals surface area contributed by atoms with Crippen LogP contribution in [0.3, 0.4) is 0 Å². The van der Waals surface area contributed by atoms with Gasteiger partial charge in [-0.15, -0.1) is 0 Å². The summed E-state index contributed by atoms with van der Waals surface area (Å²) in [6.07, 6.45) is 5.51. The molecule has 0 bridgehead atoms. The van der Waals surface area contributed by atoms with Gasteiger partial charge in [0, 0.05) is 44.5 Å². The average molecular weight is 587 g/mol. The number of esters is 1. The molecule has 4 aromatic rings. The number of imidazole rings is 1. The molecule has 2 aromatic carbocycles. The van der Waals surface area contributed by atoms with Crippen molar-refractivity contribution in [3.8, 4) is 0 Å². The summed E-state index contributed by atoms with van der Waals surface area (Å²) < 4.78 is 12.8. The second-order valence-corrected chi connectivity index (χ2v) is 11.5. The lowest BCUT2D eigenvalue weighted by Gasteiger charge is -2.28. The minimum absolute atomic E-state index is 0.214. The van der Waals surface area contributed by atoms with E-state index in [9.17, 15) is 4.79 Å². The Labute approximate surface area is 255 Å². The van der Waals surface area contributed by atoms with E-state index in [0.29, 0.717) is 12.2 Å². The highest BCUT2D eigenvalue weighted by molar-refractivity contribution is 6.06. The molecule has 2 N–H and O–H groups in total. The number of ether oxygens (including phenoxy) is 2. The number of hydrogen-bond donors (Lipinski definition) is 1. The highest BCUT2D eigenvalue weighted by atomic mass is 16.5. The number of morpholine rings is 1. The van der Waals surface area contributed by atoms with Crippen molar-refractivity contribution in [3.05, 3.63) is 65.5 Å². The van der Waals surface area contributed by atoms with Gasteiger partial charge in [0.2, 0.25) is 0 Å². The number of benzene rings is 2. The third kappa shape index (κ3) is 8.10. The Balaban J connectivity index is 1.33. The van der Waals surface area contributed by atoms with Crippen molar-refractivity contribution in [3.63, 3.8) is 0 Å². The summed E-state index contributed by atoms with van der Waals surface area (Å²) in [5, 5.41) is 1.10. The number of unbranched alkanes of at least 4 members (excludes halogenated alkanes) is 1. The van der Waals surface area contributed by atoms with Crippen molar-refractivity contribution in [2.24, 2.45) is 0 Å². The number of para-hydroxylation sites is 1. The van der Waals surface area contributed by atoms with Crippen LogP contribution in [0.1, 0.15) is 49.6 Å². The van der Waals surface area contributed by atoms with Crippen LogP contribution < -0.4 is 5.73 Å². The van der Waals surface area contributed by atoms with Gasteiger partial charge in [0.25, 0.3) is 0 Å². The predicted molar refractivity (Wildman–Crippen MR) is 172 cm³/mol. The molecule has 0 saturated carbocycles. The number of methoxy groups -OCH3 is 1. The Morgan fingerprint density at radius 2 is 1.77 bits per heavy atom. The number of pyridine rings is 1. The predicted octanol–water partition coefficient (Wildman–Crippen LogP) is 4.84. The summed E-state index contributed by atoms with van der Waals surface area (Å²) >= 11 is 0. The number of carbonyl (C=O) groups is 1. The number of aryl methyl sites for hydroxylation is 2. The Hall–Kier alpha value is -3.53. The largest absolute Gasteiger partial charge is 0.469 e. The first-order chi connectivity index (χ1) is 21.1. The molecule has 5 rings (SSSR count). The average Bonchev–Trinajstić information content (AvgIpc) is 3.39. The summed E-state index contributed by atoms with van der Waals surface area (Å²) in [5.74, 6) is 1.38. The molecule has 3 heterocycles. The third-order valence-electron chi connectivity index (χ3n) is 8.33. The minimum Gasteiger partial charge on any atom is -0.469 e. The van der Waals surface area contributed by atoms with E-state index in [-0.39, 0.29) is 5.97 Å². The molecule has 1 aliphatic rings. The summed E-state index contributed by atoms with van der Waals surface area (Å²) in [7, 11) is 1.44. The van der Waals surface area contributed by atoms with Gasteiger partial charge in [-0.05, 0) is 49.5 Å². The number of fused-ring (bicyclic) bond motifs is 3.